The number of nitrogens with zero attached hydrogens (tertiary/aromatic N) is 6. The highest BCUT2D eigenvalue weighted by atomic mass is 16.5. The van der Waals surface area contributed by atoms with Gasteiger partial charge in [0, 0.05) is 31.1 Å². The lowest BCUT2D eigenvalue weighted by Gasteiger charge is -2.40. The molecule has 0 spiro atoms. The van der Waals surface area contributed by atoms with E-state index in [1.54, 1.807) is 10.8 Å². The fraction of sp³-hybridized carbons (Fsp3) is 0.471. The van der Waals surface area contributed by atoms with E-state index < -0.39 is 0 Å². The summed E-state index contributed by atoms with van der Waals surface area (Å²) < 4.78 is 6.95. The average Bonchev–Trinajstić information content (AvgIpc) is 3.26. The van der Waals surface area contributed by atoms with E-state index in [0.717, 1.165) is 61.5 Å². The number of amides is 1. The normalized spacial score (nSPS) is 17.2. The molecule has 4 heterocycles. The van der Waals surface area contributed by atoms with Crippen molar-refractivity contribution in [2.75, 3.05) is 24.5 Å². The number of aromatic nitrogens is 5. The molecule has 2 aliphatic rings. The van der Waals surface area contributed by atoms with E-state index in [1.807, 2.05) is 12.1 Å². The molecule has 0 saturated carbocycles. The van der Waals surface area contributed by atoms with Crippen LogP contribution in [-0.4, -0.2) is 50.5 Å². The zero-order valence-electron chi connectivity index (χ0n) is 14.3. The van der Waals surface area contributed by atoms with Gasteiger partial charge in [-0.3, -0.25) is 4.79 Å². The predicted octanol–water partition coefficient (Wildman–Crippen LogP) is 0.857. The van der Waals surface area contributed by atoms with Gasteiger partial charge in [0.1, 0.15) is 12.1 Å². The van der Waals surface area contributed by atoms with Gasteiger partial charge in [-0.25, -0.2) is 0 Å². The number of hydrogen-bond acceptors (Lipinski definition) is 7. The van der Waals surface area contributed by atoms with E-state index in [0.29, 0.717) is 18.2 Å². The Balaban J connectivity index is 1.16. The summed E-state index contributed by atoms with van der Waals surface area (Å²) in [6.45, 7) is 2.34. The van der Waals surface area contributed by atoms with E-state index in [-0.39, 0.29) is 5.91 Å². The van der Waals surface area contributed by atoms with Crippen LogP contribution < -0.4 is 10.2 Å². The molecular formula is C17H19N7O2. The van der Waals surface area contributed by atoms with Crippen LogP contribution in [0.3, 0.4) is 0 Å². The number of aryl methyl sites for hydroxylation is 1. The Morgan fingerprint density at radius 2 is 2.15 bits per heavy atom. The first-order valence-corrected chi connectivity index (χ1v) is 8.95. The van der Waals surface area contributed by atoms with Crippen molar-refractivity contribution in [3.63, 3.8) is 0 Å². The van der Waals surface area contributed by atoms with Crippen LogP contribution in [0.25, 0.3) is 5.65 Å². The molecule has 1 saturated heterocycles. The molecule has 1 fully saturated rings. The Kier molecular flexibility index (Phi) is 3.58. The molecular weight excluding hydrogens is 334 g/mol. The van der Waals surface area contributed by atoms with Crippen molar-refractivity contribution in [1.82, 2.24) is 30.3 Å². The summed E-state index contributed by atoms with van der Waals surface area (Å²) >= 11 is 0. The van der Waals surface area contributed by atoms with Crippen LogP contribution in [0.4, 0.5) is 5.82 Å². The highest BCUT2D eigenvalue weighted by molar-refractivity contribution is 5.93. The quantitative estimate of drug-likeness (QED) is 0.742. The Morgan fingerprint density at radius 3 is 3.08 bits per heavy atom. The van der Waals surface area contributed by atoms with E-state index in [1.165, 1.54) is 0 Å². The first-order valence-electron chi connectivity index (χ1n) is 8.95. The Labute approximate surface area is 149 Å². The van der Waals surface area contributed by atoms with Gasteiger partial charge in [0.25, 0.3) is 5.91 Å². The Hall–Kier alpha value is -2.97. The van der Waals surface area contributed by atoms with Crippen LogP contribution in [0.5, 0.6) is 0 Å². The van der Waals surface area contributed by atoms with Gasteiger partial charge in [0.15, 0.2) is 5.65 Å². The van der Waals surface area contributed by atoms with Gasteiger partial charge in [0.05, 0.1) is 5.69 Å². The standard InChI is InChI=1S/C17H19N7O2/c25-17(16-12-3-1-2-4-13(12)22-26-16)18-7-11-8-23(9-11)15-6-5-14-20-19-10-24(14)21-15/h5-6,10-11H,1-4,7-9H2,(H,18,25). The molecule has 1 aliphatic heterocycles. The molecule has 0 atom stereocenters. The molecule has 1 aliphatic carbocycles. The lowest BCUT2D eigenvalue weighted by Crippen LogP contribution is -2.52. The second-order valence-corrected chi connectivity index (χ2v) is 6.95. The summed E-state index contributed by atoms with van der Waals surface area (Å²) in [5, 5.41) is 19.3. The first kappa shape index (κ1) is 15.3. The van der Waals surface area contributed by atoms with Gasteiger partial charge < -0.3 is 14.7 Å². The van der Waals surface area contributed by atoms with Gasteiger partial charge in [-0.05, 0) is 37.8 Å². The van der Waals surface area contributed by atoms with Crippen molar-refractivity contribution < 1.29 is 9.32 Å². The molecule has 9 heteroatoms. The molecule has 134 valence electrons. The first-order chi connectivity index (χ1) is 12.8. The second kappa shape index (κ2) is 6.08. The smallest absolute Gasteiger partial charge is 0.290 e. The van der Waals surface area contributed by atoms with E-state index in [4.69, 9.17) is 4.52 Å². The summed E-state index contributed by atoms with van der Waals surface area (Å²) in [5.41, 5.74) is 2.68. The van der Waals surface area contributed by atoms with E-state index >= 15 is 0 Å². The highest BCUT2D eigenvalue weighted by Gasteiger charge is 2.30. The van der Waals surface area contributed by atoms with Crippen LogP contribution in [-0.2, 0) is 12.8 Å². The van der Waals surface area contributed by atoms with Crippen molar-refractivity contribution in [3.05, 3.63) is 35.5 Å². The number of hydrogen-bond donors (Lipinski definition) is 1. The molecule has 9 nitrogen and oxygen atoms in total. The third-order valence-corrected chi connectivity index (χ3v) is 5.15. The molecule has 1 amide bonds. The molecule has 3 aromatic heterocycles. The largest absolute Gasteiger partial charge is 0.354 e. The van der Waals surface area contributed by atoms with Crippen LogP contribution in [0.15, 0.2) is 23.0 Å². The molecule has 26 heavy (non-hydrogen) atoms. The van der Waals surface area contributed by atoms with Crippen molar-refractivity contribution in [1.29, 1.82) is 0 Å². The topological polar surface area (TPSA) is 101 Å². The second-order valence-electron chi connectivity index (χ2n) is 6.95. The van der Waals surface area contributed by atoms with Crippen LogP contribution in [0.2, 0.25) is 0 Å². The minimum Gasteiger partial charge on any atom is -0.354 e. The van der Waals surface area contributed by atoms with Crippen LogP contribution >= 0.6 is 0 Å². The van der Waals surface area contributed by atoms with Crippen LogP contribution in [0.1, 0.15) is 34.7 Å². The zero-order valence-corrected chi connectivity index (χ0v) is 14.3. The number of anilines is 1. The molecule has 0 aromatic carbocycles. The minimum atomic E-state index is -0.150. The molecule has 0 unspecified atom stereocenters. The van der Waals surface area contributed by atoms with E-state index in [9.17, 15) is 4.79 Å². The number of carbonyl (C=O) groups is 1. The summed E-state index contributed by atoms with van der Waals surface area (Å²) in [7, 11) is 0. The minimum absolute atomic E-state index is 0.150. The monoisotopic (exact) mass is 353 g/mol. The molecule has 5 rings (SSSR count). The van der Waals surface area contributed by atoms with E-state index in [2.05, 4.69) is 30.7 Å². The number of nitrogens with one attached hydrogen (secondary N) is 1. The zero-order chi connectivity index (χ0) is 17.5. The lowest BCUT2D eigenvalue weighted by molar-refractivity contribution is 0.0906. The maximum absolute atomic E-state index is 12.4. The molecule has 0 radical (unpaired) electrons. The number of rotatable bonds is 4. The van der Waals surface area contributed by atoms with Gasteiger partial charge in [-0.1, -0.05) is 5.16 Å². The van der Waals surface area contributed by atoms with Crippen LogP contribution in [0, 0.1) is 5.92 Å². The van der Waals surface area contributed by atoms with Crippen molar-refractivity contribution >= 4 is 17.4 Å². The summed E-state index contributed by atoms with van der Waals surface area (Å²) in [5.74, 6) is 1.54. The highest BCUT2D eigenvalue weighted by Crippen LogP contribution is 2.25. The van der Waals surface area contributed by atoms with Gasteiger partial charge in [-0.2, -0.15) is 4.52 Å². The number of fused-ring (bicyclic) bond motifs is 2. The fourth-order valence-corrected chi connectivity index (χ4v) is 3.66. The lowest BCUT2D eigenvalue weighted by atomic mass is 9.95. The summed E-state index contributed by atoms with van der Waals surface area (Å²) in [6, 6.07) is 3.84. The van der Waals surface area contributed by atoms with Crippen molar-refractivity contribution in [2.24, 2.45) is 5.92 Å². The van der Waals surface area contributed by atoms with Crippen molar-refractivity contribution in [2.45, 2.75) is 25.7 Å². The SMILES string of the molecule is O=C(NCC1CN(c2ccc3nncn3n2)C1)c1onc2c1CCCC2. The molecule has 3 aromatic rings. The maximum atomic E-state index is 12.4. The Bertz CT molecular complexity index is 957. The third kappa shape index (κ3) is 2.59. The average molecular weight is 353 g/mol. The summed E-state index contributed by atoms with van der Waals surface area (Å²) in [4.78, 5) is 14.6. The predicted molar refractivity (Wildman–Crippen MR) is 92.0 cm³/mol. The molecule has 0 bridgehead atoms. The maximum Gasteiger partial charge on any atom is 0.290 e. The molecule has 1 N–H and O–H groups in total. The van der Waals surface area contributed by atoms with Gasteiger partial charge in [-0.15, -0.1) is 15.3 Å². The van der Waals surface area contributed by atoms with Gasteiger partial charge >= 0.3 is 0 Å². The Morgan fingerprint density at radius 1 is 1.27 bits per heavy atom. The van der Waals surface area contributed by atoms with Crippen molar-refractivity contribution in [3.8, 4) is 0 Å². The van der Waals surface area contributed by atoms with Gasteiger partial charge in [0.2, 0.25) is 5.76 Å². The fourth-order valence-electron chi connectivity index (χ4n) is 3.66. The number of carbonyl (C=O) groups excluding carboxylic acids is 1. The summed E-state index contributed by atoms with van der Waals surface area (Å²) in [6.07, 6.45) is 5.60. The third-order valence-electron chi connectivity index (χ3n) is 5.15.